The third-order valence-electron chi connectivity index (χ3n) is 1.75. The van der Waals surface area contributed by atoms with Gasteiger partial charge in [0.05, 0.1) is 0 Å². The van der Waals surface area contributed by atoms with E-state index in [2.05, 4.69) is 18.8 Å². The summed E-state index contributed by atoms with van der Waals surface area (Å²) in [4.78, 5) is 0. The van der Waals surface area contributed by atoms with E-state index in [0.717, 1.165) is 6.42 Å². The fraction of sp³-hybridized carbons (Fsp3) is 0.667. The van der Waals surface area contributed by atoms with Gasteiger partial charge in [-0.3, -0.25) is 0 Å². The summed E-state index contributed by atoms with van der Waals surface area (Å²) in [6.07, 6.45) is 10.6. The number of aliphatic hydroxyl groups is 1. The first-order valence-electron chi connectivity index (χ1n) is 5.16. The third kappa shape index (κ3) is 11.3. The molecule has 0 saturated carbocycles. The second-order valence-corrected chi connectivity index (χ2v) is 3.05. The van der Waals surface area contributed by atoms with E-state index in [9.17, 15) is 0 Å². The Balaban J connectivity index is 3.19. The van der Waals surface area contributed by atoms with Crippen LogP contribution >= 0.6 is 0 Å². The van der Waals surface area contributed by atoms with Crippen molar-refractivity contribution >= 4 is 0 Å². The van der Waals surface area contributed by atoms with E-state index in [0.29, 0.717) is 6.42 Å². The van der Waals surface area contributed by atoms with E-state index >= 15 is 0 Å². The maximum atomic E-state index is 8.47. The van der Waals surface area contributed by atoms with Gasteiger partial charge in [0.25, 0.3) is 0 Å². The molecule has 0 rings (SSSR count). The summed E-state index contributed by atoms with van der Waals surface area (Å²) >= 11 is 0. The van der Waals surface area contributed by atoms with Crippen LogP contribution in [0.25, 0.3) is 0 Å². The molecule has 0 aliphatic carbocycles. The molecule has 1 heteroatoms. The first-order valence-corrected chi connectivity index (χ1v) is 5.16. The summed E-state index contributed by atoms with van der Waals surface area (Å²) < 4.78 is 0. The van der Waals surface area contributed by atoms with E-state index in [1.165, 1.54) is 25.7 Å². The van der Waals surface area contributed by atoms with Crippen molar-refractivity contribution in [2.45, 2.75) is 45.4 Å². The molecule has 0 heterocycles. The highest BCUT2D eigenvalue weighted by Crippen LogP contribution is 2.00. The first kappa shape index (κ1) is 12.3. The minimum atomic E-state index is 0.217. The molecule has 0 aliphatic rings. The van der Waals surface area contributed by atoms with E-state index in [1.54, 1.807) is 0 Å². The van der Waals surface area contributed by atoms with Crippen LogP contribution < -0.4 is 0 Å². The molecule has 0 spiro atoms. The maximum absolute atomic E-state index is 8.47. The van der Waals surface area contributed by atoms with Crippen LogP contribution in [0.4, 0.5) is 0 Å². The van der Waals surface area contributed by atoms with Crippen molar-refractivity contribution < 1.29 is 5.11 Å². The van der Waals surface area contributed by atoms with Crippen LogP contribution in [0.1, 0.15) is 45.4 Å². The molecule has 1 N–H and O–H groups in total. The molecule has 0 aromatic heterocycles. The van der Waals surface area contributed by atoms with Gasteiger partial charge in [-0.25, -0.2) is 0 Å². The molecule has 0 aromatic rings. The van der Waals surface area contributed by atoms with Crippen molar-refractivity contribution in [3.05, 3.63) is 12.2 Å². The minimum Gasteiger partial charge on any atom is -0.396 e. The topological polar surface area (TPSA) is 20.2 Å². The van der Waals surface area contributed by atoms with Crippen LogP contribution in [-0.2, 0) is 0 Å². The maximum Gasteiger partial charge on any atom is 0.0465 e. The summed E-state index contributed by atoms with van der Waals surface area (Å²) in [5.41, 5.74) is 0. The van der Waals surface area contributed by atoms with Crippen molar-refractivity contribution in [1.82, 2.24) is 0 Å². The van der Waals surface area contributed by atoms with Crippen molar-refractivity contribution in [3.63, 3.8) is 0 Å². The second kappa shape index (κ2) is 11.3. The molecule has 0 unspecified atom stereocenters. The lowest BCUT2D eigenvalue weighted by molar-refractivity contribution is 0.302. The average molecular weight is 180 g/mol. The Labute approximate surface area is 81.9 Å². The first-order chi connectivity index (χ1) is 6.41. The van der Waals surface area contributed by atoms with E-state index in [4.69, 9.17) is 5.11 Å². The molecule has 0 aromatic carbocycles. The summed E-state index contributed by atoms with van der Waals surface area (Å²) in [6.45, 7) is 2.43. The molecule has 0 bridgehead atoms. The molecule has 0 saturated heterocycles. The van der Waals surface area contributed by atoms with Crippen LogP contribution in [-0.4, -0.2) is 11.7 Å². The van der Waals surface area contributed by atoms with Crippen molar-refractivity contribution in [3.8, 4) is 11.8 Å². The zero-order chi connectivity index (χ0) is 9.78. The number of aliphatic hydroxyl groups excluding tert-OH is 1. The van der Waals surface area contributed by atoms with Gasteiger partial charge >= 0.3 is 0 Å². The Bertz CT molecular complexity index is 171. The van der Waals surface area contributed by atoms with Crippen LogP contribution in [0.2, 0.25) is 0 Å². The normalized spacial score (nSPS) is 10.0. The summed E-state index contributed by atoms with van der Waals surface area (Å²) in [6, 6.07) is 0. The lowest BCUT2D eigenvalue weighted by atomic mass is 10.2. The van der Waals surface area contributed by atoms with Gasteiger partial charge in [0.2, 0.25) is 0 Å². The number of hydrogen-bond acceptors (Lipinski definition) is 1. The zero-order valence-electron chi connectivity index (χ0n) is 8.55. The Morgan fingerprint density at radius 3 is 2.77 bits per heavy atom. The number of allylic oxidation sites excluding steroid dienone is 1. The smallest absolute Gasteiger partial charge is 0.0465 e. The van der Waals surface area contributed by atoms with Crippen LogP contribution in [0.5, 0.6) is 0 Å². The SMILES string of the molecule is CCCCCCC#C/C=C\CCO. The third-order valence-corrected chi connectivity index (χ3v) is 1.75. The molecule has 0 fully saturated rings. The van der Waals surface area contributed by atoms with Crippen molar-refractivity contribution in [2.75, 3.05) is 6.61 Å². The number of hydrogen-bond donors (Lipinski definition) is 1. The molecule has 0 radical (unpaired) electrons. The van der Waals surface area contributed by atoms with Gasteiger partial charge in [-0.05, 0) is 18.9 Å². The number of rotatable bonds is 6. The highest BCUT2D eigenvalue weighted by Gasteiger charge is 1.82. The lowest BCUT2D eigenvalue weighted by Gasteiger charge is -1.91. The van der Waals surface area contributed by atoms with Gasteiger partial charge < -0.3 is 5.11 Å². The Morgan fingerprint density at radius 2 is 2.08 bits per heavy atom. The standard InChI is InChI=1S/C12H20O/c1-2-3-4-5-6-7-8-9-10-11-12-13/h9-10,13H,2-6,11-12H2,1H3/b10-9-. The quantitative estimate of drug-likeness (QED) is 0.492. The molecular weight excluding hydrogens is 160 g/mol. The molecule has 0 amide bonds. The molecule has 74 valence electrons. The van der Waals surface area contributed by atoms with Crippen LogP contribution in [0.15, 0.2) is 12.2 Å². The van der Waals surface area contributed by atoms with Crippen LogP contribution in [0.3, 0.4) is 0 Å². The zero-order valence-corrected chi connectivity index (χ0v) is 8.55. The van der Waals surface area contributed by atoms with E-state index in [-0.39, 0.29) is 6.61 Å². The Morgan fingerprint density at radius 1 is 1.23 bits per heavy atom. The molecule has 0 aliphatic heterocycles. The average Bonchev–Trinajstić information content (AvgIpc) is 2.16. The predicted molar refractivity (Wildman–Crippen MR) is 57.4 cm³/mol. The molecule has 1 nitrogen and oxygen atoms in total. The number of unbranched alkanes of at least 4 members (excludes halogenated alkanes) is 4. The summed E-state index contributed by atoms with van der Waals surface area (Å²) in [7, 11) is 0. The predicted octanol–water partition coefficient (Wildman–Crippen LogP) is 2.90. The largest absolute Gasteiger partial charge is 0.396 e. The molecule has 13 heavy (non-hydrogen) atoms. The Kier molecular flexibility index (Phi) is 10.6. The Hall–Kier alpha value is -0.740. The monoisotopic (exact) mass is 180 g/mol. The van der Waals surface area contributed by atoms with Gasteiger partial charge in [-0.15, -0.1) is 0 Å². The van der Waals surface area contributed by atoms with Crippen molar-refractivity contribution in [1.29, 1.82) is 0 Å². The van der Waals surface area contributed by atoms with Crippen LogP contribution in [0, 0.1) is 11.8 Å². The minimum absolute atomic E-state index is 0.217. The van der Waals surface area contributed by atoms with Gasteiger partial charge in [0, 0.05) is 13.0 Å². The fourth-order valence-corrected chi connectivity index (χ4v) is 0.988. The molecular formula is C12H20O. The van der Waals surface area contributed by atoms with E-state index < -0.39 is 0 Å². The summed E-state index contributed by atoms with van der Waals surface area (Å²) in [5.74, 6) is 6.04. The van der Waals surface area contributed by atoms with Gasteiger partial charge in [-0.1, -0.05) is 44.1 Å². The fourth-order valence-electron chi connectivity index (χ4n) is 0.988. The summed E-state index contributed by atoms with van der Waals surface area (Å²) in [5, 5.41) is 8.47. The lowest BCUT2D eigenvalue weighted by Crippen LogP contribution is -1.75. The van der Waals surface area contributed by atoms with Gasteiger partial charge in [-0.2, -0.15) is 0 Å². The van der Waals surface area contributed by atoms with Gasteiger partial charge in [0.1, 0.15) is 0 Å². The molecule has 0 atom stereocenters. The highest BCUT2D eigenvalue weighted by atomic mass is 16.2. The highest BCUT2D eigenvalue weighted by molar-refractivity contribution is 5.14. The van der Waals surface area contributed by atoms with Gasteiger partial charge in [0.15, 0.2) is 0 Å². The van der Waals surface area contributed by atoms with E-state index in [1.807, 2.05) is 12.2 Å². The second-order valence-electron chi connectivity index (χ2n) is 3.05. The van der Waals surface area contributed by atoms with Crippen molar-refractivity contribution in [2.24, 2.45) is 0 Å².